The molecular formula is C51H73N5O13S. The van der Waals surface area contributed by atoms with E-state index in [1.54, 1.807) is 57.3 Å². The van der Waals surface area contributed by atoms with Gasteiger partial charge in [0, 0.05) is 31.1 Å². The van der Waals surface area contributed by atoms with Crippen molar-refractivity contribution in [1.82, 2.24) is 25.4 Å². The topological polar surface area (TPSA) is 203 Å². The molecule has 18 nitrogen and oxygen atoms in total. The maximum atomic E-state index is 14.5. The lowest BCUT2D eigenvalue weighted by Crippen LogP contribution is -2.56. The third-order valence-electron chi connectivity index (χ3n) is 11.7. The van der Waals surface area contributed by atoms with Crippen LogP contribution in [0.1, 0.15) is 105 Å². The van der Waals surface area contributed by atoms with Gasteiger partial charge >= 0.3 is 12.2 Å². The summed E-state index contributed by atoms with van der Waals surface area (Å²) in [6.07, 6.45) is 5.00. The van der Waals surface area contributed by atoms with Crippen LogP contribution < -0.4 is 15.4 Å². The molecule has 3 atom stereocenters. The minimum absolute atomic E-state index is 0.0412. The summed E-state index contributed by atoms with van der Waals surface area (Å²) in [5, 5.41) is 8.09. The quantitative estimate of drug-likeness (QED) is 0.0546. The largest absolute Gasteiger partial charge is 0.491 e. The molecule has 5 rings (SSSR count). The van der Waals surface area contributed by atoms with Gasteiger partial charge in [-0.2, -0.15) is 0 Å². The van der Waals surface area contributed by atoms with Gasteiger partial charge in [0.25, 0.3) is 0 Å². The highest BCUT2D eigenvalue weighted by atomic mass is 32.1. The molecule has 386 valence electrons. The Bertz CT molecular complexity index is 2060. The summed E-state index contributed by atoms with van der Waals surface area (Å²) in [6, 6.07) is 14.3. The zero-order valence-corrected chi connectivity index (χ0v) is 42.3. The van der Waals surface area contributed by atoms with Gasteiger partial charge in [0.2, 0.25) is 17.6 Å². The highest BCUT2D eigenvalue weighted by Crippen LogP contribution is 2.37. The Balaban J connectivity index is 0.977. The molecule has 4 amide bonds. The number of carbonyl (C=O) groups excluding carboxylic acids is 5. The van der Waals surface area contributed by atoms with Gasteiger partial charge in [0.15, 0.2) is 0 Å². The molecule has 2 N–H and O–H groups in total. The first kappa shape index (κ1) is 55.7. The highest BCUT2D eigenvalue weighted by Gasteiger charge is 2.41. The van der Waals surface area contributed by atoms with E-state index < -0.39 is 35.8 Å². The van der Waals surface area contributed by atoms with Crippen LogP contribution in [-0.4, -0.2) is 155 Å². The minimum Gasteiger partial charge on any atom is -0.491 e. The summed E-state index contributed by atoms with van der Waals surface area (Å²) < 4.78 is 44.1. The minimum atomic E-state index is -0.878. The Hall–Kier alpha value is -5.18. The molecule has 1 aromatic heterocycles. The first-order valence-electron chi connectivity index (χ1n) is 24.4. The number of thiazole rings is 1. The Morgan fingerprint density at radius 3 is 2.06 bits per heavy atom. The normalized spacial score (nSPS) is 16.0. The summed E-state index contributed by atoms with van der Waals surface area (Å²) in [7, 11) is 1.52. The van der Waals surface area contributed by atoms with Gasteiger partial charge in [0.1, 0.15) is 47.3 Å². The van der Waals surface area contributed by atoms with E-state index in [4.69, 9.17) is 42.9 Å². The van der Waals surface area contributed by atoms with E-state index >= 15 is 0 Å². The van der Waals surface area contributed by atoms with Crippen LogP contribution in [0, 0.1) is 5.92 Å². The fourth-order valence-electron chi connectivity index (χ4n) is 7.90. The van der Waals surface area contributed by atoms with Crippen molar-refractivity contribution in [3.63, 3.8) is 0 Å². The van der Waals surface area contributed by atoms with Crippen molar-refractivity contribution in [1.29, 1.82) is 0 Å². The number of nitrogens with one attached hydrogen (secondary N) is 2. The number of amides is 4. The zero-order chi connectivity index (χ0) is 50.1. The Morgan fingerprint density at radius 1 is 0.786 bits per heavy atom. The van der Waals surface area contributed by atoms with Gasteiger partial charge in [-0.05, 0) is 77.0 Å². The average Bonchev–Trinajstić information content (AvgIpc) is 4.06. The first-order chi connectivity index (χ1) is 33.8. The maximum Gasteiger partial charge on any atom is 0.410 e. The number of carbonyl (C=O) groups is 5. The van der Waals surface area contributed by atoms with Gasteiger partial charge in [-0.3, -0.25) is 19.3 Å². The van der Waals surface area contributed by atoms with Gasteiger partial charge in [-0.25, -0.2) is 14.6 Å². The van der Waals surface area contributed by atoms with Crippen molar-refractivity contribution in [2.24, 2.45) is 5.92 Å². The smallest absolute Gasteiger partial charge is 0.410 e. The first-order valence-corrected chi connectivity index (χ1v) is 25.3. The van der Waals surface area contributed by atoms with Crippen LogP contribution in [0.25, 0.3) is 0 Å². The molecule has 1 aliphatic carbocycles. The number of ketones is 1. The monoisotopic (exact) mass is 995 g/mol. The molecule has 1 aliphatic heterocycles. The molecule has 3 aromatic rings. The number of benzene rings is 2. The molecule has 2 heterocycles. The number of likely N-dealkylation sites (tertiary alicyclic amines) is 1. The maximum absolute atomic E-state index is 14.5. The van der Waals surface area contributed by atoms with Crippen LogP contribution in [0.4, 0.5) is 9.59 Å². The van der Waals surface area contributed by atoms with Crippen LogP contribution in [0.3, 0.4) is 0 Å². The number of rotatable bonds is 29. The third-order valence-corrected chi connectivity index (χ3v) is 12.7. The number of likely N-dealkylation sites (N-methyl/N-ethyl adjacent to an activating group) is 1. The molecule has 1 saturated carbocycles. The Morgan fingerprint density at radius 2 is 1.41 bits per heavy atom. The molecule has 0 unspecified atom stereocenters. The highest BCUT2D eigenvalue weighted by molar-refractivity contribution is 7.10. The standard InChI is InChI=1S/C51H73N5O13S/c1-37(55(5)50(61)68-35-38-14-8-6-9-15-38)46(58)54-44(39-16-10-7-11-17-39)48(59)56-22-13-20-43(56)47-53-42(36-70-47)45(57)40-18-12-19-41(34-40)67-33-32-66-31-30-65-29-28-64-27-26-63-25-24-62-23-21-52-49(60)69-51(2,3)4/h6,8-9,12,14-15,18-19,34,36-37,39,43-44H,7,10-11,13,16-17,20-33,35H2,1-5H3,(H,52,60)(H,54,58)/t37-,43-,44-/m0/s1. The van der Waals surface area contributed by atoms with E-state index in [9.17, 15) is 24.0 Å². The Kier molecular flexibility index (Phi) is 23.8. The summed E-state index contributed by atoms with van der Waals surface area (Å²) in [5.74, 6) is -0.363. The molecule has 2 fully saturated rings. The van der Waals surface area contributed by atoms with Crippen molar-refractivity contribution in [3.8, 4) is 5.75 Å². The summed E-state index contributed by atoms with van der Waals surface area (Å²) in [6.45, 7) is 12.3. The molecule has 19 heteroatoms. The van der Waals surface area contributed by atoms with Crippen molar-refractivity contribution >= 4 is 41.1 Å². The molecule has 2 aliphatic rings. The second-order valence-corrected chi connectivity index (χ2v) is 19.1. The summed E-state index contributed by atoms with van der Waals surface area (Å²) in [4.78, 5) is 74.3. The lowest BCUT2D eigenvalue weighted by atomic mass is 9.83. The summed E-state index contributed by atoms with van der Waals surface area (Å²) in [5.41, 5.74) is 1.01. The molecule has 0 radical (unpaired) electrons. The zero-order valence-electron chi connectivity index (χ0n) is 41.5. The number of alkyl carbamates (subject to hydrolysis) is 1. The van der Waals surface area contributed by atoms with Crippen molar-refractivity contribution in [2.45, 2.75) is 103 Å². The number of aromatic nitrogens is 1. The lowest BCUT2D eigenvalue weighted by Gasteiger charge is -2.35. The van der Waals surface area contributed by atoms with Gasteiger partial charge in [0.05, 0.1) is 72.1 Å². The average molecular weight is 996 g/mol. The molecule has 70 heavy (non-hydrogen) atoms. The van der Waals surface area contributed by atoms with E-state index in [1.165, 1.54) is 23.3 Å². The van der Waals surface area contributed by atoms with E-state index in [-0.39, 0.29) is 42.6 Å². The summed E-state index contributed by atoms with van der Waals surface area (Å²) >= 11 is 1.35. The number of nitrogens with zero attached hydrogens (tertiary/aromatic N) is 3. The van der Waals surface area contributed by atoms with Crippen LogP contribution >= 0.6 is 11.3 Å². The van der Waals surface area contributed by atoms with Crippen molar-refractivity contribution < 1.29 is 61.9 Å². The molecular weight excluding hydrogens is 923 g/mol. The van der Waals surface area contributed by atoms with E-state index in [0.717, 1.165) is 44.1 Å². The molecule has 2 aromatic carbocycles. The lowest BCUT2D eigenvalue weighted by molar-refractivity contribution is -0.140. The van der Waals surface area contributed by atoms with Crippen LogP contribution in [0.5, 0.6) is 5.75 Å². The van der Waals surface area contributed by atoms with Crippen LogP contribution in [0.15, 0.2) is 60.0 Å². The van der Waals surface area contributed by atoms with Crippen LogP contribution in [-0.2, 0) is 49.4 Å². The predicted molar refractivity (Wildman–Crippen MR) is 262 cm³/mol. The van der Waals surface area contributed by atoms with Gasteiger partial charge in [-0.1, -0.05) is 61.7 Å². The third kappa shape index (κ3) is 19.2. The fraction of sp³-hybridized carbons (Fsp3) is 0.608. The van der Waals surface area contributed by atoms with Gasteiger partial charge in [-0.15, -0.1) is 11.3 Å². The van der Waals surface area contributed by atoms with E-state index in [1.807, 2.05) is 35.2 Å². The van der Waals surface area contributed by atoms with Crippen molar-refractivity contribution in [2.75, 3.05) is 92.8 Å². The second-order valence-electron chi connectivity index (χ2n) is 18.2. The number of hydrogen-bond donors (Lipinski definition) is 2. The van der Waals surface area contributed by atoms with Crippen molar-refractivity contribution in [3.05, 3.63) is 81.8 Å². The van der Waals surface area contributed by atoms with E-state index in [2.05, 4.69) is 10.6 Å². The van der Waals surface area contributed by atoms with Crippen LogP contribution in [0.2, 0.25) is 0 Å². The second kappa shape index (κ2) is 29.9. The molecule has 0 spiro atoms. The fourth-order valence-corrected chi connectivity index (χ4v) is 8.85. The van der Waals surface area contributed by atoms with Gasteiger partial charge < -0.3 is 53.4 Å². The molecule has 0 bridgehead atoms. The molecule has 1 saturated heterocycles. The SMILES string of the molecule is C[C@@H](C(=O)N[C@H](C(=O)N1CCC[C@H]1c1nc(C(=O)c2cccc(OCCOCCOCCOCCOCCOCCNC(=O)OC(C)(C)C)c2)cs1)C1CCCCC1)N(C)C(=O)OCc1ccccc1. The van der Waals surface area contributed by atoms with E-state index in [0.29, 0.717) is 102 Å². The number of hydrogen-bond acceptors (Lipinski definition) is 15. The number of ether oxygens (including phenoxy) is 8. The predicted octanol–water partition coefficient (Wildman–Crippen LogP) is 6.75. The Labute approximate surface area is 416 Å².